The monoisotopic (exact) mass is 265 g/mol. The number of hydrogen-bond acceptors (Lipinski definition) is 4. The summed E-state index contributed by atoms with van der Waals surface area (Å²) in [5, 5.41) is 5.95. The zero-order chi connectivity index (χ0) is 12.5. The molecule has 0 aliphatic carbocycles. The van der Waals surface area contributed by atoms with E-state index in [1.807, 2.05) is 11.3 Å². The molecular weight excluding hydrogens is 242 g/mol. The highest BCUT2D eigenvalue weighted by atomic mass is 32.1. The van der Waals surface area contributed by atoms with Gasteiger partial charge in [-0.25, -0.2) is 0 Å². The van der Waals surface area contributed by atoms with Gasteiger partial charge < -0.3 is 5.32 Å². The van der Waals surface area contributed by atoms with Gasteiger partial charge in [0.15, 0.2) is 0 Å². The van der Waals surface area contributed by atoms with E-state index in [2.05, 4.69) is 40.4 Å². The number of nitrogens with one attached hydrogen (secondary N) is 1. The lowest BCUT2D eigenvalue weighted by atomic mass is 9.97. The zero-order valence-corrected chi connectivity index (χ0v) is 12.2. The Labute approximate surface area is 114 Å². The van der Waals surface area contributed by atoms with Crippen LogP contribution in [-0.4, -0.2) is 55.1 Å². The maximum atomic E-state index is 3.72. The van der Waals surface area contributed by atoms with E-state index >= 15 is 0 Å². The van der Waals surface area contributed by atoms with E-state index in [0.717, 1.165) is 6.54 Å². The topological polar surface area (TPSA) is 18.5 Å². The summed E-state index contributed by atoms with van der Waals surface area (Å²) in [6, 6.07) is 3.42. The van der Waals surface area contributed by atoms with Gasteiger partial charge >= 0.3 is 0 Å². The highest BCUT2D eigenvalue weighted by molar-refractivity contribution is 7.10. The third-order valence-corrected chi connectivity index (χ3v) is 5.42. The Hall–Kier alpha value is -0.420. The predicted molar refractivity (Wildman–Crippen MR) is 77.3 cm³/mol. The first-order chi connectivity index (χ1) is 8.79. The molecule has 2 unspecified atom stereocenters. The molecule has 4 heterocycles. The van der Waals surface area contributed by atoms with Crippen LogP contribution in [0.25, 0.3) is 0 Å². The third-order valence-electron chi connectivity index (χ3n) is 4.31. The molecule has 0 radical (unpaired) electrons. The summed E-state index contributed by atoms with van der Waals surface area (Å²) < 4.78 is 0. The van der Waals surface area contributed by atoms with E-state index < -0.39 is 0 Å². The molecule has 0 saturated carbocycles. The van der Waals surface area contributed by atoms with Crippen molar-refractivity contribution in [3.8, 4) is 0 Å². The number of hydrogen-bond donors (Lipinski definition) is 1. The second-order valence-electron chi connectivity index (χ2n) is 5.41. The molecule has 4 rings (SSSR count). The largest absolute Gasteiger partial charge is 0.308 e. The van der Waals surface area contributed by atoms with Crippen LogP contribution in [0.4, 0.5) is 0 Å². The molecule has 0 amide bonds. The van der Waals surface area contributed by atoms with Crippen molar-refractivity contribution < 1.29 is 0 Å². The van der Waals surface area contributed by atoms with Crippen LogP contribution in [-0.2, 0) is 0 Å². The molecule has 0 spiro atoms. The number of nitrogens with zero attached hydrogens (tertiary/aromatic N) is 2. The van der Waals surface area contributed by atoms with Gasteiger partial charge in [0.2, 0.25) is 0 Å². The Morgan fingerprint density at radius 3 is 2.67 bits per heavy atom. The molecule has 3 fully saturated rings. The van der Waals surface area contributed by atoms with Gasteiger partial charge in [-0.2, -0.15) is 0 Å². The van der Waals surface area contributed by atoms with E-state index in [-0.39, 0.29) is 0 Å². The normalized spacial score (nSPS) is 32.7. The van der Waals surface area contributed by atoms with E-state index in [9.17, 15) is 0 Å². The third kappa shape index (κ3) is 2.23. The molecule has 4 heteroatoms. The van der Waals surface area contributed by atoms with Gasteiger partial charge in [0.25, 0.3) is 0 Å². The zero-order valence-electron chi connectivity index (χ0n) is 11.4. The summed E-state index contributed by atoms with van der Waals surface area (Å²) in [5.41, 5.74) is 1.45. The first kappa shape index (κ1) is 12.6. The van der Waals surface area contributed by atoms with Crippen molar-refractivity contribution in [2.24, 2.45) is 0 Å². The molecule has 1 aromatic heterocycles. The molecule has 2 atom stereocenters. The van der Waals surface area contributed by atoms with Crippen LogP contribution in [0.1, 0.15) is 23.4 Å². The Morgan fingerprint density at radius 1 is 1.39 bits per heavy atom. The molecule has 18 heavy (non-hydrogen) atoms. The lowest BCUT2D eigenvalue weighted by molar-refractivity contribution is -0.00297. The molecular formula is C14H23N3S. The second-order valence-corrected chi connectivity index (χ2v) is 6.35. The van der Waals surface area contributed by atoms with Gasteiger partial charge in [-0.1, -0.05) is 6.92 Å². The van der Waals surface area contributed by atoms with Crippen LogP contribution in [0.15, 0.2) is 11.4 Å². The fourth-order valence-corrected chi connectivity index (χ4v) is 4.36. The highest BCUT2D eigenvalue weighted by Crippen LogP contribution is 2.32. The Kier molecular flexibility index (Phi) is 3.71. The van der Waals surface area contributed by atoms with Gasteiger partial charge in [0.05, 0.1) is 6.04 Å². The lowest BCUT2D eigenvalue weighted by Gasteiger charge is -2.50. The van der Waals surface area contributed by atoms with E-state index in [4.69, 9.17) is 0 Å². The number of rotatable bonds is 4. The van der Waals surface area contributed by atoms with Crippen LogP contribution in [0.5, 0.6) is 0 Å². The van der Waals surface area contributed by atoms with Crippen LogP contribution in [0, 0.1) is 6.92 Å². The quantitative estimate of drug-likeness (QED) is 0.894. The highest BCUT2D eigenvalue weighted by Gasteiger charge is 2.37. The lowest BCUT2D eigenvalue weighted by Crippen LogP contribution is -2.63. The first-order valence-corrected chi connectivity index (χ1v) is 7.91. The molecule has 1 aromatic rings. The van der Waals surface area contributed by atoms with Crippen molar-refractivity contribution >= 4 is 11.3 Å². The average Bonchev–Trinajstić information content (AvgIpc) is 2.83. The summed E-state index contributed by atoms with van der Waals surface area (Å²) in [6.07, 6.45) is 0. The van der Waals surface area contributed by atoms with E-state index in [1.165, 1.54) is 43.2 Å². The predicted octanol–water partition coefficient (Wildman–Crippen LogP) is 1.71. The van der Waals surface area contributed by atoms with Crippen molar-refractivity contribution in [1.82, 2.24) is 15.1 Å². The van der Waals surface area contributed by atoms with Gasteiger partial charge in [-0.05, 0) is 30.5 Å². The van der Waals surface area contributed by atoms with Gasteiger partial charge in [0, 0.05) is 43.6 Å². The molecule has 100 valence electrons. The second kappa shape index (κ2) is 5.29. The molecule has 3 aliphatic rings. The van der Waals surface area contributed by atoms with E-state index in [1.54, 1.807) is 0 Å². The van der Waals surface area contributed by atoms with Gasteiger partial charge in [-0.15, -0.1) is 11.3 Å². The van der Waals surface area contributed by atoms with Crippen molar-refractivity contribution in [1.29, 1.82) is 0 Å². The van der Waals surface area contributed by atoms with Crippen molar-refractivity contribution in [3.05, 3.63) is 21.9 Å². The summed E-state index contributed by atoms with van der Waals surface area (Å²) >= 11 is 1.91. The molecule has 2 bridgehead atoms. The minimum Gasteiger partial charge on any atom is -0.308 e. The van der Waals surface area contributed by atoms with Crippen molar-refractivity contribution in [2.45, 2.75) is 25.9 Å². The average molecular weight is 265 g/mol. The van der Waals surface area contributed by atoms with Crippen LogP contribution >= 0.6 is 11.3 Å². The molecule has 3 nitrogen and oxygen atoms in total. The molecule has 0 aromatic carbocycles. The van der Waals surface area contributed by atoms with Crippen molar-refractivity contribution in [2.75, 3.05) is 39.3 Å². The van der Waals surface area contributed by atoms with Gasteiger partial charge in [-0.3, -0.25) is 9.80 Å². The molecule has 1 N–H and O–H groups in total. The van der Waals surface area contributed by atoms with Crippen LogP contribution in [0.3, 0.4) is 0 Å². The SMILES string of the molecule is CCNC(c1sccc1C)C1CN2CCN1CC2. The maximum absolute atomic E-state index is 3.72. The smallest absolute Gasteiger partial charge is 0.0588 e. The standard InChI is InChI=1S/C14H23N3S/c1-3-15-13(14-11(2)4-9-18-14)12-10-16-5-7-17(12)8-6-16/h4,9,12-13,15H,3,5-8,10H2,1-2H3. The minimum atomic E-state index is 0.512. The number of aryl methyl sites for hydroxylation is 1. The molecule has 3 saturated heterocycles. The van der Waals surface area contributed by atoms with Crippen LogP contribution < -0.4 is 5.32 Å². The summed E-state index contributed by atoms with van der Waals surface area (Å²) in [4.78, 5) is 6.85. The van der Waals surface area contributed by atoms with Gasteiger partial charge in [0.1, 0.15) is 0 Å². The van der Waals surface area contributed by atoms with Crippen molar-refractivity contribution in [3.63, 3.8) is 0 Å². The summed E-state index contributed by atoms with van der Waals surface area (Å²) in [5.74, 6) is 0. The minimum absolute atomic E-state index is 0.512. The Morgan fingerprint density at radius 2 is 2.17 bits per heavy atom. The number of piperazine rings is 3. The van der Waals surface area contributed by atoms with E-state index in [0.29, 0.717) is 12.1 Å². The summed E-state index contributed by atoms with van der Waals surface area (Å²) in [7, 11) is 0. The Balaban J connectivity index is 1.84. The summed E-state index contributed by atoms with van der Waals surface area (Å²) in [6.45, 7) is 11.8. The number of fused-ring (bicyclic) bond motifs is 3. The maximum Gasteiger partial charge on any atom is 0.0588 e. The number of likely N-dealkylation sites (N-methyl/N-ethyl adjacent to an activating group) is 1. The Bertz CT molecular complexity index is 395. The van der Waals surface area contributed by atoms with Crippen LogP contribution in [0.2, 0.25) is 0 Å². The first-order valence-electron chi connectivity index (χ1n) is 7.03. The fourth-order valence-electron chi connectivity index (χ4n) is 3.30. The fraction of sp³-hybridized carbons (Fsp3) is 0.714. The molecule has 3 aliphatic heterocycles. The number of thiophene rings is 1.